The molecule has 9 heteroatoms. The molecule has 0 aromatic carbocycles. The van der Waals surface area contributed by atoms with Crippen molar-refractivity contribution in [2.75, 3.05) is 6.54 Å². The molecule has 1 saturated heterocycles. The van der Waals surface area contributed by atoms with Gasteiger partial charge in [-0.2, -0.15) is 9.37 Å². The minimum atomic E-state index is -0.567. The quantitative estimate of drug-likeness (QED) is 0.618. The Morgan fingerprint density at radius 1 is 1.10 bits per heavy atom. The molecule has 0 aliphatic carbocycles. The molecule has 148 valence electrons. The van der Waals surface area contributed by atoms with Crippen molar-refractivity contribution in [2.45, 2.75) is 37.6 Å². The SMILES string of the molecule is O=C1c2cnc(F)cc2CC[C@@H]2CC[C@H](c3noc(-c4ccc(F)cn4)n3)CN12. The second-order valence-corrected chi connectivity index (χ2v) is 7.41. The first-order valence-corrected chi connectivity index (χ1v) is 9.49. The molecule has 2 aliphatic rings. The molecular formula is C20H17F2N5O2. The topological polar surface area (TPSA) is 85.0 Å². The van der Waals surface area contributed by atoms with E-state index in [2.05, 4.69) is 20.1 Å². The normalized spacial score (nSPS) is 21.4. The average Bonchev–Trinajstić information content (AvgIpc) is 3.18. The minimum absolute atomic E-state index is 0.0805. The molecule has 0 N–H and O–H groups in total. The van der Waals surface area contributed by atoms with Crippen LogP contribution >= 0.6 is 0 Å². The lowest BCUT2D eigenvalue weighted by Gasteiger charge is -2.37. The van der Waals surface area contributed by atoms with Gasteiger partial charge in [0.05, 0.1) is 11.8 Å². The van der Waals surface area contributed by atoms with E-state index in [9.17, 15) is 13.6 Å². The van der Waals surface area contributed by atoms with Gasteiger partial charge in [0.2, 0.25) is 5.95 Å². The van der Waals surface area contributed by atoms with E-state index in [1.165, 1.54) is 24.4 Å². The van der Waals surface area contributed by atoms with Gasteiger partial charge in [0.15, 0.2) is 5.82 Å². The van der Waals surface area contributed by atoms with E-state index in [0.29, 0.717) is 35.6 Å². The highest BCUT2D eigenvalue weighted by Crippen LogP contribution is 2.34. The van der Waals surface area contributed by atoms with Gasteiger partial charge in [-0.15, -0.1) is 0 Å². The van der Waals surface area contributed by atoms with Gasteiger partial charge in [0, 0.05) is 24.7 Å². The van der Waals surface area contributed by atoms with Gasteiger partial charge in [-0.1, -0.05) is 5.16 Å². The van der Waals surface area contributed by atoms with Gasteiger partial charge in [-0.25, -0.2) is 14.4 Å². The summed E-state index contributed by atoms with van der Waals surface area (Å²) in [5.41, 5.74) is 1.56. The van der Waals surface area contributed by atoms with Gasteiger partial charge in [-0.3, -0.25) is 4.79 Å². The fourth-order valence-corrected chi connectivity index (χ4v) is 4.14. The summed E-state index contributed by atoms with van der Waals surface area (Å²) in [5.74, 6) is -0.510. The van der Waals surface area contributed by atoms with E-state index >= 15 is 0 Å². The Balaban J connectivity index is 1.39. The average molecular weight is 397 g/mol. The van der Waals surface area contributed by atoms with Gasteiger partial charge >= 0.3 is 0 Å². The predicted molar refractivity (Wildman–Crippen MR) is 96.8 cm³/mol. The highest BCUT2D eigenvalue weighted by atomic mass is 19.1. The first-order chi connectivity index (χ1) is 14.1. The molecule has 1 amide bonds. The van der Waals surface area contributed by atoms with Crippen LogP contribution in [-0.2, 0) is 6.42 Å². The maximum absolute atomic E-state index is 13.5. The molecule has 0 saturated carbocycles. The van der Waals surface area contributed by atoms with Crippen molar-refractivity contribution in [3.63, 3.8) is 0 Å². The van der Waals surface area contributed by atoms with Crippen molar-refractivity contribution < 1.29 is 18.1 Å². The number of hydrogen-bond acceptors (Lipinski definition) is 6. The number of fused-ring (bicyclic) bond motifs is 2. The second kappa shape index (κ2) is 6.98. The number of halogens is 2. The van der Waals surface area contributed by atoms with Crippen LogP contribution < -0.4 is 0 Å². The summed E-state index contributed by atoms with van der Waals surface area (Å²) < 4.78 is 31.8. The maximum Gasteiger partial charge on any atom is 0.276 e. The second-order valence-electron chi connectivity index (χ2n) is 7.41. The van der Waals surface area contributed by atoms with Crippen molar-refractivity contribution >= 4 is 5.91 Å². The van der Waals surface area contributed by atoms with E-state index in [0.717, 1.165) is 25.5 Å². The summed E-state index contributed by atoms with van der Waals surface area (Å²) >= 11 is 0. The van der Waals surface area contributed by atoms with E-state index in [1.54, 1.807) is 0 Å². The smallest absolute Gasteiger partial charge is 0.276 e. The number of amides is 1. The van der Waals surface area contributed by atoms with Gasteiger partial charge in [0.25, 0.3) is 11.8 Å². The molecule has 5 rings (SSSR count). The largest absolute Gasteiger partial charge is 0.335 e. The van der Waals surface area contributed by atoms with Crippen LogP contribution in [0.25, 0.3) is 11.6 Å². The summed E-state index contributed by atoms with van der Waals surface area (Å²) in [6.45, 7) is 0.455. The Bertz CT molecular complexity index is 1070. The zero-order chi connectivity index (χ0) is 20.0. The molecule has 7 nitrogen and oxygen atoms in total. The predicted octanol–water partition coefficient (Wildman–Crippen LogP) is 3.14. The molecule has 0 spiro atoms. The number of nitrogens with zero attached hydrogens (tertiary/aromatic N) is 5. The molecule has 2 atom stereocenters. The van der Waals surface area contributed by atoms with Crippen molar-refractivity contribution in [3.8, 4) is 11.6 Å². The molecule has 5 heterocycles. The van der Waals surface area contributed by atoms with E-state index in [4.69, 9.17) is 4.52 Å². The Hall–Kier alpha value is -3.23. The Kier molecular flexibility index (Phi) is 4.30. The number of aryl methyl sites for hydroxylation is 1. The monoisotopic (exact) mass is 397 g/mol. The standard InChI is InChI=1S/C20H17F2N5O2/c21-13-3-6-16(23-8-13)19-25-18(26-29-19)12-2-5-14-4-1-11-7-17(22)24-9-15(11)20(28)27(14)10-12/h3,6-9,12,14H,1-2,4-5,10H2/t12-,14+/m0/s1. The molecule has 3 aromatic heterocycles. The van der Waals surface area contributed by atoms with Crippen molar-refractivity contribution in [3.05, 3.63) is 59.3 Å². The van der Waals surface area contributed by atoms with E-state index < -0.39 is 11.8 Å². The lowest BCUT2D eigenvalue weighted by atomic mass is 9.90. The van der Waals surface area contributed by atoms with Crippen molar-refractivity contribution in [1.29, 1.82) is 0 Å². The van der Waals surface area contributed by atoms with Crippen molar-refractivity contribution in [2.24, 2.45) is 0 Å². The van der Waals surface area contributed by atoms with Crippen molar-refractivity contribution in [1.82, 2.24) is 25.0 Å². The third-order valence-corrected chi connectivity index (χ3v) is 5.65. The Morgan fingerprint density at radius 3 is 2.83 bits per heavy atom. The summed E-state index contributed by atoms with van der Waals surface area (Å²) in [6.07, 6.45) is 5.47. The number of carbonyl (C=O) groups is 1. The number of piperidine rings is 1. The maximum atomic E-state index is 13.5. The summed E-state index contributed by atoms with van der Waals surface area (Å²) in [7, 11) is 0. The number of carbonyl (C=O) groups excluding carboxylic acids is 1. The zero-order valence-corrected chi connectivity index (χ0v) is 15.4. The Morgan fingerprint density at radius 2 is 2.00 bits per heavy atom. The fourth-order valence-electron chi connectivity index (χ4n) is 4.14. The van der Waals surface area contributed by atoms with Crippen LogP contribution in [0.1, 0.15) is 46.9 Å². The molecule has 2 aliphatic heterocycles. The molecular weight excluding hydrogens is 380 g/mol. The van der Waals surface area contributed by atoms with Crippen LogP contribution in [0.3, 0.4) is 0 Å². The van der Waals surface area contributed by atoms with Crippen LogP contribution in [0.2, 0.25) is 0 Å². The zero-order valence-electron chi connectivity index (χ0n) is 15.4. The number of pyridine rings is 2. The lowest BCUT2D eigenvalue weighted by Crippen LogP contribution is -2.45. The highest BCUT2D eigenvalue weighted by Gasteiger charge is 2.37. The van der Waals surface area contributed by atoms with Gasteiger partial charge in [-0.05, 0) is 49.4 Å². The van der Waals surface area contributed by atoms with E-state index in [-0.39, 0.29) is 23.8 Å². The molecule has 0 unspecified atom stereocenters. The fraction of sp³-hybridized carbons (Fsp3) is 0.350. The lowest BCUT2D eigenvalue weighted by molar-refractivity contribution is 0.0582. The van der Waals surface area contributed by atoms with Crippen LogP contribution in [0.5, 0.6) is 0 Å². The highest BCUT2D eigenvalue weighted by molar-refractivity contribution is 5.96. The number of hydrogen-bond donors (Lipinski definition) is 0. The third kappa shape index (κ3) is 3.26. The third-order valence-electron chi connectivity index (χ3n) is 5.65. The number of rotatable bonds is 2. The first-order valence-electron chi connectivity index (χ1n) is 9.49. The first kappa shape index (κ1) is 17.8. The van der Waals surface area contributed by atoms with Crippen LogP contribution in [0.15, 0.2) is 35.1 Å². The van der Waals surface area contributed by atoms with Crippen LogP contribution in [0.4, 0.5) is 8.78 Å². The van der Waals surface area contributed by atoms with E-state index in [1.807, 2.05) is 4.90 Å². The molecule has 0 bridgehead atoms. The number of aromatic nitrogens is 4. The Labute approximate surface area is 164 Å². The molecule has 29 heavy (non-hydrogen) atoms. The van der Waals surface area contributed by atoms with Crippen LogP contribution in [-0.4, -0.2) is 43.5 Å². The molecule has 3 aromatic rings. The summed E-state index contributed by atoms with van der Waals surface area (Å²) in [4.78, 5) is 26.9. The minimum Gasteiger partial charge on any atom is -0.335 e. The van der Waals surface area contributed by atoms with Crippen LogP contribution in [0, 0.1) is 11.8 Å². The molecule has 1 fully saturated rings. The summed E-state index contributed by atoms with van der Waals surface area (Å²) in [6, 6.07) is 4.20. The van der Waals surface area contributed by atoms with Gasteiger partial charge in [0.1, 0.15) is 11.5 Å². The summed E-state index contributed by atoms with van der Waals surface area (Å²) in [5, 5.41) is 4.06. The van der Waals surface area contributed by atoms with Gasteiger partial charge < -0.3 is 9.42 Å². The molecule has 0 radical (unpaired) electrons.